The first-order valence-electron chi connectivity index (χ1n) is 5.37. The normalized spacial score (nSPS) is 9.35. The van der Waals surface area contributed by atoms with Crippen molar-refractivity contribution in [2.45, 2.75) is 6.92 Å². The monoisotopic (exact) mass is 261 g/mol. The Hall–Kier alpha value is -1.09. The lowest BCUT2D eigenvalue weighted by molar-refractivity contribution is 0.375. The first-order valence-corrected chi connectivity index (χ1v) is 6.16. The van der Waals surface area contributed by atoms with Crippen LogP contribution in [0.3, 0.4) is 0 Å². The van der Waals surface area contributed by atoms with Gasteiger partial charge in [0.25, 0.3) is 0 Å². The Morgan fingerprint density at radius 2 is 1.59 bits per heavy atom. The van der Waals surface area contributed by atoms with Crippen LogP contribution in [0.2, 0.25) is 5.02 Å². The Bertz CT molecular complexity index is 429. The number of hydrogen-bond donors (Lipinski definition) is 0. The standard InChI is InChI=1S/C12H9Cl.C2H5OSi/c13-12-8-4-7-11(9-12)10-5-2-1-3-6-10;1-2-3-4/h1-9H;2H2,1H3. The molecular formula is C14H14ClOSi. The molecule has 0 amide bonds. The summed E-state index contributed by atoms with van der Waals surface area (Å²) in [6, 6.07) is 18.1. The molecule has 3 radical (unpaired) electrons. The Morgan fingerprint density at radius 1 is 1.00 bits per heavy atom. The average Bonchev–Trinajstić information content (AvgIpc) is 2.40. The van der Waals surface area contributed by atoms with E-state index in [2.05, 4.69) is 33.1 Å². The number of halogens is 1. The van der Waals surface area contributed by atoms with E-state index in [1.54, 1.807) is 0 Å². The molecule has 0 saturated carbocycles. The Labute approximate surface area is 111 Å². The first-order chi connectivity index (χ1) is 8.27. The summed E-state index contributed by atoms with van der Waals surface area (Å²) in [5, 5.41) is 0.779. The van der Waals surface area contributed by atoms with Crippen LogP contribution in [-0.2, 0) is 4.43 Å². The molecule has 1 nitrogen and oxygen atoms in total. The molecule has 0 saturated heterocycles. The maximum absolute atomic E-state index is 5.89. The van der Waals surface area contributed by atoms with Crippen molar-refractivity contribution < 1.29 is 4.43 Å². The maximum Gasteiger partial charge on any atom is 0.246 e. The molecule has 0 heterocycles. The van der Waals surface area contributed by atoms with E-state index < -0.39 is 0 Å². The number of hydrogen-bond acceptors (Lipinski definition) is 1. The number of rotatable bonds is 2. The summed E-state index contributed by atoms with van der Waals surface area (Å²) in [6.45, 7) is 2.64. The predicted octanol–water partition coefficient (Wildman–Crippen LogP) is 4.11. The van der Waals surface area contributed by atoms with Gasteiger partial charge in [0, 0.05) is 11.6 Å². The van der Waals surface area contributed by atoms with Gasteiger partial charge in [-0.05, 0) is 30.2 Å². The molecule has 0 N–H and O–H groups in total. The van der Waals surface area contributed by atoms with Gasteiger partial charge in [-0.15, -0.1) is 0 Å². The largest absolute Gasteiger partial charge is 0.419 e. The van der Waals surface area contributed by atoms with E-state index in [0.717, 1.165) is 17.2 Å². The van der Waals surface area contributed by atoms with Crippen molar-refractivity contribution in [3.63, 3.8) is 0 Å². The average molecular weight is 262 g/mol. The molecule has 0 atom stereocenters. The van der Waals surface area contributed by atoms with Crippen molar-refractivity contribution in [1.29, 1.82) is 0 Å². The fourth-order valence-electron chi connectivity index (χ4n) is 1.30. The third-order valence-electron chi connectivity index (χ3n) is 2.08. The molecule has 2 rings (SSSR count). The van der Waals surface area contributed by atoms with Crippen LogP contribution < -0.4 is 0 Å². The summed E-state index contributed by atoms with van der Waals surface area (Å²) in [5.41, 5.74) is 2.36. The predicted molar refractivity (Wildman–Crippen MR) is 74.3 cm³/mol. The molecule has 17 heavy (non-hydrogen) atoms. The molecule has 0 unspecified atom stereocenters. The van der Waals surface area contributed by atoms with Gasteiger partial charge in [-0.25, -0.2) is 0 Å². The second kappa shape index (κ2) is 8.07. The Morgan fingerprint density at radius 3 is 2.12 bits per heavy atom. The summed E-state index contributed by atoms with van der Waals surface area (Å²) in [5.74, 6) is 0. The minimum Gasteiger partial charge on any atom is -0.419 e. The first kappa shape index (κ1) is 14.0. The van der Waals surface area contributed by atoms with Crippen LogP contribution in [0.1, 0.15) is 6.92 Å². The summed E-state index contributed by atoms with van der Waals surface area (Å²) in [6.07, 6.45) is 0. The molecule has 0 aliphatic rings. The molecule has 0 fully saturated rings. The van der Waals surface area contributed by atoms with Gasteiger partial charge < -0.3 is 4.43 Å². The fourth-order valence-corrected chi connectivity index (χ4v) is 1.49. The van der Waals surface area contributed by atoms with E-state index >= 15 is 0 Å². The van der Waals surface area contributed by atoms with Gasteiger partial charge in [0.2, 0.25) is 10.5 Å². The zero-order valence-corrected chi connectivity index (χ0v) is 11.4. The van der Waals surface area contributed by atoms with Gasteiger partial charge in [-0.2, -0.15) is 0 Å². The molecule has 87 valence electrons. The lowest BCUT2D eigenvalue weighted by Crippen LogP contribution is -1.76. The zero-order chi connectivity index (χ0) is 12.5. The van der Waals surface area contributed by atoms with E-state index in [1.165, 1.54) is 5.56 Å². The lowest BCUT2D eigenvalue weighted by atomic mass is 10.1. The molecule has 3 heteroatoms. The van der Waals surface area contributed by atoms with Crippen LogP contribution in [0.4, 0.5) is 0 Å². The van der Waals surface area contributed by atoms with E-state index in [0.29, 0.717) is 0 Å². The van der Waals surface area contributed by atoms with Crippen LogP contribution in [0.15, 0.2) is 54.6 Å². The fraction of sp³-hybridized carbons (Fsp3) is 0.143. The summed E-state index contributed by atoms with van der Waals surface area (Å²) >= 11 is 5.89. The Kier molecular flexibility index (Phi) is 6.63. The minimum atomic E-state index is 0.733. The minimum absolute atomic E-state index is 0.733. The molecule has 0 aliphatic carbocycles. The molecule has 2 aromatic rings. The lowest BCUT2D eigenvalue weighted by Gasteiger charge is -2.00. The van der Waals surface area contributed by atoms with Crippen molar-refractivity contribution in [3.05, 3.63) is 59.6 Å². The summed E-state index contributed by atoms with van der Waals surface area (Å²) in [7, 11) is 2.79. The highest BCUT2D eigenvalue weighted by molar-refractivity contribution is 6.30. The highest BCUT2D eigenvalue weighted by Crippen LogP contribution is 2.21. The van der Waals surface area contributed by atoms with Gasteiger partial charge in [-0.1, -0.05) is 54.1 Å². The highest BCUT2D eigenvalue weighted by Gasteiger charge is 1.95. The molecular weight excluding hydrogens is 248 g/mol. The van der Waals surface area contributed by atoms with Crippen molar-refractivity contribution in [3.8, 4) is 11.1 Å². The highest BCUT2D eigenvalue weighted by atomic mass is 35.5. The molecule has 0 aromatic heterocycles. The van der Waals surface area contributed by atoms with Crippen LogP contribution >= 0.6 is 11.6 Å². The quantitative estimate of drug-likeness (QED) is 0.739. The second-order valence-electron chi connectivity index (χ2n) is 3.31. The van der Waals surface area contributed by atoms with Gasteiger partial charge in [0.1, 0.15) is 0 Å². The molecule has 0 aliphatic heterocycles. The Balaban J connectivity index is 0.000000317. The summed E-state index contributed by atoms with van der Waals surface area (Å²) < 4.78 is 4.35. The van der Waals surface area contributed by atoms with Gasteiger partial charge in [-0.3, -0.25) is 0 Å². The van der Waals surface area contributed by atoms with Crippen LogP contribution in [0, 0.1) is 0 Å². The third-order valence-corrected chi connectivity index (χ3v) is 2.60. The van der Waals surface area contributed by atoms with Gasteiger partial charge in [0.15, 0.2) is 0 Å². The topological polar surface area (TPSA) is 9.23 Å². The molecule has 0 spiro atoms. The van der Waals surface area contributed by atoms with E-state index in [1.807, 2.05) is 43.3 Å². The van der Waals surface area contributed by atoms with Crippen LogP contribution in [0.5, 0.6) is 0 Å². The zero-order valence-electron chi connectivity index (χ0n) is 9.69. The maximum atomic E-state index is 5.89. The van der Waals surface area contributed by atoms with Crippen molar-refractivity contribution >= 4 is 22.1 Å². The van der Waals surface area contributed by atoms with E-state index in [9.17, 15) is 0 Å². The number of benzene rings is 2. The van der Waals surface area contributed by atoms with Crippen LogP contribution in [0.25, 0.3) is 11.1 Å². The van der Waals surface area contributed by atoms with Crippen molar-refractivity contribution in [2.24, 2.45) is 0 Å². The van der Waals surface area contributed by atoms with Gasteiger partial charge >= 0.3 is 0 Å². The van der Waals surface area contributed by atoms with Crippen molar-refractivity contribution in [2.75, 3.05) is 6.61 Å². The molecule has 2 aromatic carbocycles. The van der Waals surface area contributed by atoms with E-state index in [4.69, 9.17) is 11.6 Å². The second-order valence-corrected chi connectivity index (χ2v) is 4.03. The SMILES string of the molecule is CCO[Si].Clc1cccc(-c2ccccc2)c1. The summed E-state index contributed by atoms with van der Waals surface area (Å²) in [4.78, 5) is 0. The van der Waals surface area contributed by atoms with Crippen LogP contribution in [-0.4, -0.2) is 17.1 Å². The third kappa shape index (κ3) is 5.17. The van der Waals surface area contributed by atoms with E-state index in [-0.39, 0.29) is 0 Å². The van der Waals surface area contributed by atoms with Crippen molar-refractivity contribution in [1.82, 2.24) is 0 Å². The smallest absolute Gasteiger partial charge is 0.246 e. The van der Waals surface area contributed by atoms with Gasteiger partial charge in [0.05, 0.1) is 0 Å². The molecule has 0 bridgehead atoms.